The number of fused-ring (bicyclic) bond motifs is 1. The number of hydrogen-bond donors (Lipinski definition) is 2. The highest BCUT2D eigenvalue weighted by Gasteiger charge is 2.24. The molecule has 41 heavy (non-hydrogen) atoms. The van der Waals surface area contributed by atoms with Gasteiger partial charge in [0.1, 0.15) is 0 Å². The van der Waals surface area contributed by atoms with Gasteiger partial charge < -0.3 is 10.6 Å². The lowest BCUT2D eigenvalue weighted by molar-refractivity contribution is 0.590. The SMILES string of the molecule is CC(C)c1cccc(C(C)C)c1N[C@H](c1ccc(C(C)(C)C)cc1)c1cccc(-c2cccc3c2N[C@@H](C)CC3)n1. The summed E-state index contributed by atoms with van der Waals surface area (Å²) in [5, 5.41) is 7.79. The third-order valence-corrected chi connectivity index (χ3v) is 8.50. The molecule has 0 fully saturated rings. The molecule has 3 aromatic carbocycles. The molecule has 0 unspecified atom stereocenters. The topological polar surface area (TPSA) is 37.0 Å². The Labute approximate surface area is 247 Å². The quantitative estimate of drug-likeness (QED) is 0.242. The molecule has 0 saturated heterocycles. The third kappa shape index (κ3) is 6.20. The number of aryl methyl sites for hydroxylation is 1. The fourth-order valence-corrected chi connectivity index (χ4v) is 6.01. The predicted octanol–water partition coefficient (Wildman–Crippen LogP) is 10.2. The Hall–Kier alpha value is -3.59. The summed E-state index contributed by atoms with van der Waals surface area (Å²) in [6, 6.07) is 29.4. The van der Waals surface area contributed by atoms with Crippen molar-refractivity contribution in [2.45, 2.75) is 97.6 Å². The molecule has 1 aromatic heterocycles. The number of pyridine rings is 1. The van der Waals surface area contributed by atoms with Gasteiger partial charge in [-0.05, 0) is 77.0 Å². The first-order valence-corrected chi connectivity index (χ1v) is 15.4. The number of aromatic nitrogens is 1. The standard InChI is InChI=1S/C38H47N3/c1-24(2)30-13-10-14-31(25(3)4)37(30)41-36(28-20-22-29(23-21-28)38(6,7)8)34-17-11-16-33(40-34)32-15-9-12-27-19-18-26(5)39-35(27)32/h9-17,20-26,36,39,41H,18-19H2,1-8H3/t26-,36+/m0/s1. The maximum absolute atomic E-state index is 5.37. The normalized spacial score (nSPS) is 15.9. The van der Waals surface area contributed by atoms with Gasteiger partial charge in [0.2, 0.25) is 0 Å². The molecule has 2 heterocycles. The monoisotopic (exact) mass is 545 g/mol. The van der Waals surface area contributed by atoms with Crippen molar-refractivity contribution >= 4 is 11.4 Å². The van der Waals surface area contributed by atoms with Gasteiger partial charge in [-0.25, -0.2) is 0 Å². The van der Waals surface area contributed by atoms with Crippen molar-refractivity contribution in [3.63, 3.8) is 0 Å². The van der Waals surface area contributed by atoms with E-state index in [1.54, 1.807) is 0 Å². The van der Waals surface area contributed by atoms with Crippen LogP contribution < -0.4 is 10.6 Å². The van der Waals surface area contributed by atoms with Gasteiger partial charge in [-0.3, -0.25) is 4.98 Å². The van der Waals surface area contributed by atoms with Gasteiger partial charge >= 0.3 is 0 Å². The molecule has 4 aromatic rings. The summed E-state index contributed by atoms with van der Waals surface area (Å²) in [6.07, 6.45) is 2.26. The van der Waals surface area contributed by atoms with Crippen molar-refractivity contribution in [2.75, 3.05) is 10.6 Å². The average molecular weight is 546 g/mol. The van der Waals surface area contributed by atoms with Crippen LogP contribution in [0.5, 0.6) is 0 Å². The first-order valence-electron chi connectivity index (χ1n) is 15.4. The fourth-order valence-electron chi connectivity index (χ4n) is 6.01. The molecule has 0 aliphatic carbocycles. The van der Waals surface area contributed by atoms with E-state index < -0.39 is 0 Å². The van der Waals surface area contributed by atoms with E-state index in [-0.39, 0.29) is 11.5 Å². The van der Waals surface area contributed by atoms with Crippen molar-refractivity contribution in [1.29, 1.82) is 0 Å². The van der Waals surface area contributed by atoms with E-state index in [2.05, 4.69) is 145 Å². The van der Waals surface area contributed by atoms with Crippen LogP contribution in [0.4, 0.5) is 11.4 Å². The second-order valence-corrected chi connectivity index (χ2v) is 13.4. The summed E-state index contributed by atoms with van der Waals surface area (Å²) in [5.74, 6) is 0.812. The van der Waals surface area contributed by atoms with Crippen LogP contribution in [0, 0.1) is 0 Å². The van der Waals surface area contributed by atoms with Crippen LogP contribution in [0.15, 0.2) is 78.9 Å². The number of benzene rings is 3. The van der Waals surface area contributed by atoms with Crippen molar-refractivity contribution in [2.24, 2.45) is 0 Å². The van der Waals surface area contributed by atoms with Gasteiger partial charge in [0, 0.05) is 23.0 Å². The van der Waals surface area contributed by atoms with Crippen LogP contribution in [0.1, 0.15) is 113 Å². The highest BCUT2D eigenvalue weighted by Crippen LogP contribution is 2.39. The summed E-state index contributed by atoms with van der Waals surface area (Å²) < 4.78 is 0. The number of rotatable bonds is 7. The molecule has 3 heteroatoms. The summed E-state index contributed by atoms with van der Waals surface area (Å²) in [6.45, 7) is 18.2. The number of anilines is 2. The molecule has 0 amide bonds. The van der Waals surface area contributed by atoms with E-state index in [4.69, 9.17) is 4.98 Å². The third-order valence-electron chi connectivity index (χ3n) is 8.50. The zero-order valence-corrected chi connectivity index (χ0v) is 26.2. The summed E-state index contributed by atoms with van der Waals surface area (Å²) in [5.41, 5.74) is 12.4. The van der Waals surface area contributed by atoms with E-state index in [9.17, 15) is 0 Å². The van der Waals surface area contributed by atoms with Crippen molar-refractivity contribution in [3.05, 3.63) is 112 Å². The summed E-state index contributed by atoms with van der Waals surface area (Å²) in [7, 11) is 0. The highest BCUT2D eigenvalue weighted by molar-refractivity contribution is 5.79. The smallest absolute Gasteiger partial charge is 0.0940 e. The lowest BCUT2D eigenvalue weighted by Crippen LogP contribution is -2.22. The van der Waals surface area contributed by atoms with E-state index in [0.29, 0.717) is 17.9 Å². The first-order chi connectivity index (χ1) is 19.5. The van der Waals surface area contributed by atoms with Crippen LogP contribution in [0.3, 0.4) is 0 Å². The molecule has 0 saturated carbocycles. The van der Waals surface area contributed by atoms with Crippen LogP contribution >= 0.6 is 0 Å². The van der Waals surface area contributed by atoms with Crippen molar-refractivity contribution in [1.82, 2.24) is 4.98 Å². The first kappa shape index (κ1) is 28.9. The van der Waals surface area contributed by atoms with Crippen LogP contribution in [0.25, 0.3) is 11.3 Å². The molecule has 5 rings (SSSR count). The fraction of sp³-hybridized carbons (Fsp3) is 0.395. The Morgan fingerprint density at radius 2 is 1.44 bits per heavy atom. The summed E-state index contributed by atoms with van der Waals surface area (Å²) in [4.78, 5) is 5.37. The van der Waals surface area contributed by atoms with Gasteiger partial charge in [-0.15, -0.1) is 0 Å². The van der Waals surface area contributed by atoms with Gasteiger partial charge in [-0.1, -0.05) is 115 Å². The Morgan fingerprint density at radius 1 is 0.805 bits per heavy atom. The molecule has 2 atom stereocenters. The Kier molecular flexibility index (Phi) is 8.27. The molecule has 0 radical (unpaired) electrons. The minimum Gasteiger partial charge on any atom is -0.382 e. The summed E-state index contributed by atoms with van der Waals surface area (Å²) >= 11 is 0. The number of para-hydroxylation sites is 2. The maximum Gasteiger partial charge on any atom is 0.0940 e. The zero-order chi connectivity index (χ0) is 29.3. The molecule has 1 aliphatic heterocycles. The Morgan fingerprint density at radius 3 is 2.07 bits per heavy atom. The minimum atomic E-state index is -0.0900. The maximum atomic E-state index is 5.37. The van der Waals surface area contributed by atoms with Gasteiger partial charge in [0.25, 0.3) is 0 Å². The average Bonchev–Trinajstić information content (AvgIpc) is 2.95. The van der Waals surface area contributed by atoms with Crippen LogP contribution in [-0.4, -0.2) is 11.0 Å². The van der Waals surface area contributed by atoms with Crippen LogP contribution in [-0.2, 0) is 11.8 Å². The molecule has 2 N–H and O–H groups in total. The van der Waals surface area contributed by atoms with E-state index in [1.807, 2.05) is 0 Å². The largest absolute Gasteiger partial charge is 0.382 e. The number of hydrogen-bond acceptors (Lipinski definition) is 3. The van der Waals surface area contributed by atoms with Crippen LogP contribution in [0.2, 0.25) is 0 Å². The molecular weight excluding hydrogens is 498 g/mol. The van der Waals surface area contributed by atoms with Gasteiger partial charge in [-0.2, -0.15) is 0 Å². The molecule has 0 spiro atoms. The highest BCUT2D eigenvalue weighted by atomic mass is 15.0. The zero-order valence-electron chi connectivity index (χ0n) is 26.2. The molecule has 214 valence electrons. The lowest BCUT2D eigenvalue weighted by atomic mass is 9.86. The number of nitrogens with one attached hydrogen (secondary N) is 2. The lowest BCUT2D eigenvalue weighted by Gasteiger charge is -2.28. The van der Waals surface area contributed by atoms with Crippen molar-refractivity contribution < 1.29 is 0 Å². The van der Waals surface area contributed by atoms with Gasteiger partial charge in [0.15, 0.2) is 0 Å². The van der Waals surface area contributed by atoms with E-state index >= 15 is 0 Å². The number of nitrogens with zero attached hydrogens (tertiary/aromatic N) is 1. The molecule has 1 aliphatic rings. The van der Waals surface area contributed by atoms with E-state index in [1.165, 1.54) is 44.8 Å². The second-order valence-electron chi connectivity index (χ2n) is 13.4. The molecule has 3 nitrogen and oxygen atoms in total. The second kappa shape index (κ2) is 11.7. The molecular formula is C38H47N3. The Bertz CT molecular complexity index is 1460. The van der Waals surface area contributed by atoms with Gasteiger partial charge in [0.05, 0.1) is 17.4 Å². The van der Waals surface area contributed by atoms with Crippen molar-refractivity contribution in [3.8, 4) is 11.3 Å². The van der Waals surface area contributed by atoms with E-state index in [0.717, 1.165) is 24.2 Å². The minimum absolute atomic E-state index is 0.0900. The predicted molar refractivity (Wildman–Crippen MR) is 176 cm³/mol. The Balaban J connectivity index is 1.64. The molecule has 0 bridgehead atoms.